The fourth-order valence-electron chi connectivity index (χ4n) is 6.25. The van der Waals surface area contributed by atoms with Crippen molar-refractivity contribution >= 4 is 17.9 Å². The van der Waals surface area contributed by atoms with Gasteiger partial charge in [-0.3, -0.25) is 14.4 Å². The molecule has 0 aromatic carbocycles. The molecule has 6 heteroatoms. The van der Waals surface area contributed by atoms with E-state index in [-0.39, 0.29) is 47.4 Å². The molecule has 3 fully saturated rings. The molecule has 4 unspecified atom stereocenters. The molecule has 0 N–H and O–H groups in total. The van der Waals surface area contributed by atoms with Gasteiger partial charge in [0.15, 0.2) is 0 Å². The summed E-state index contributed by atoms with van der Waals surface area (Å²) in [6.45, 7) is 16.7. The van der Waals surface area contributed by atoms with Crippen LogP contribution in [-0.2, 0) is 28.6 Å². The number of carbonyl (C=O) groups excluding carboxylic acids is 3. The van der Waals surface area contributed by atoms with Gasteiger partial charge in [0.25, 0.3) is 0 Å². The van der Waals surface area contributed by atoms with Gasteiger partial charge in [-0.1, -0.05) is 59.8 Å². The van der Waals surface area contributed by atoms with E-state index in [0.717, 1.165) is 70.1 Å². The highest BCUT2D eigenvalue weighted by Crippen LogP contribution is 2.50. The summed E-state index contributed by atoms with van der Waals surface area (Å²) in [7, 11) is 0. The van der Waals surface area contributed by atoms with Crippen LogP contribution in [0.5, 0.6) is 0 Å². The Balaban J connectivity index is 0.000000296. The zero-order valence-electron chi connectivity index (χ0n) is 27.7. The van der Waals surface area contributed by atoms with Crippen LogP contribution in [0.25, 0.3) is 0 Å². The van der Waals surface area contributed by atoms with Gasteiger partial charge in [-0.15, -0.1) is 0 Å². The topological polar surface area (TPSA) is 78.9 Å². The third-order valence-corrected chi connectivity index (χ3v) is 10.2. The largest absolute Gasteiger partial charge is 0.465 e. The molecule has 0 aromatic rings. The molecule has 3 aliphatic rings. The van der Waals surface area contributed by atoms with Crippen LogP contribution >= 0.6 is 0 Å². The lowest BCUT2D eigenvalue weighted by Gasteiger charge is -2.31. The molecule has 3 rings (SSSR count). The Bertz CT molecular complexity index is 809. The predicted octanol–water partition coefficient (Wildman–Crippen LogP) is 8.83. The van der Waals surface area contributed by atoms with Crippen LogP contribution in [0.3, 0.4) is 0 Å². The van der Waals surface area contributed by atoms with Gasteiger partial charge < -0.3 is 14.2 Å². The van der Waals surface area contributed by atoms with E-state index in [1.807, 2.05) is 41.5 Å². The van der Waals surface area contributed by atoms with Crippen molar-refractivity contribution in [1.29, 1.82) is 0 Å². The molecule has 2 bridgehead atoms. The molecule has 0 aromatic heterocycles. The van der Waals surface area contributed by atoms with Crippen molar-refractivity contribution in [2.45, 2.75) is 164 Å². The van der Waals surface area contributed by atoms with E-state index < -0.39 is 5.41 Å². The van der Waals surface area contributed by atoms with Gasteiger partial charge in [-0.25, -0.2) is 0 Å². The molecule has 0 aliphatic heterocycles. The van der Waals surface area contributed by atoms with E-state index in [9.17, 15) is 14.4 Å². The van der Waals surface area contributed by atoms with Crippen molar-refractivity contribution in [2.75, 3.05) is 6.61 Å². The van der Waals surface area contributed by atoms with Crippen molar-refractivity contribution in [1.82, 2.24) is 0 Å². The monoisotopic (exact) mass is 578 g/mol. The first-order valence-electron chi connectivity index (χ1n) is 17.0. The van der Waals surface area contributed by atoms with Gasteiger partial charge in [0.1, 0.15) is 12.2 Å². The van der Waals surface area contributed by atoms with Crippen LogP contribution in [0.1, 0.15) is 152 Å². The number of ether oxygens (including phenoxy) is 3. The van der Waals surface area contributed by atoms with E-state index in [1.54, 1.807) is 0 Å². The zero-order valence-corrected chi connectivity index (χ0v) is 27.7. The lowest BCUT2D eigenvalue weighted by molar-refractivity contribution is -0.167. The van der Waals surface area contributed by atoms with E-state index in [0.29, 0.717) is 12.5 Å². The molecule has 0 radical (unpaired) electrons. The fraction of sp³-hybridized carbons (Fsp3) is 0.914. The number of fused-ring (bicyclic) bond motifs is 2. The van der Waals surface area contributed by atoms with E-state index >= 15 is 0 Å². The van der Waals surface area contributed by atoms with E-state index in [2.05, 4.69) is 13.8 Å². The highest BCUT2D eigenvalue weighted by molar-refractivity contribution is 5.77. The summed E-state index contributed by atoms with van der Waals surface area (Å²) in [5, 5.41) is 0. The Hall–Kier alpha value is -1.59. The van der Waals surface area contributed by atoms with Crippen LogP contribution < -0.4 is 0 Å². The first-order valence-corrected chi connectivity index (χ1v) is 17.0. The van der Waals surface area contributed by atoms with Crippen molar-refractivity contribution in [3.63, 3.8) is 0 Å². The third-order valence-electron chi connectivity index (χ3n) is 10.2. The van der Waals surface area contributed by atoms with E-state index in [1.165, 1.54) is 32.1 Å². The quantitative estimate of drug-likeness (QED) is 0.116. The van der Waals surface area contributed by atoms with Crippen molar-refractivity contribution in [3.05, 3.63) is 0 Å². The molecule has 6 nitrogen and oxygen atoms in total. The maximum atomic E-state index is 12.3. The summed E-state index contributed by atoms with van der Waals surface area (Å²) in [4.78, 5) is 36.6. The number of unbranched alkanes of at least 4 members (excludes halogenated alkanes) is 3. The first kappa shape index (κ1) is 35.6. The van der Waals surface area contributed by atoms with Gasteiger partial charge in [-0.2, -0.15) is 0 Å². The smallest absolute Gasteiger partial charge is 0.311 e. The molecule has 0 heterocycles. The highest BCUT2D eigenvalue weighted by atomic mass is 16.6. The van der Waals surface area contributed by atoms with E-state index in [4.69, 9.17) is 14.2 Å². The summed E-state index contributed by atoms with van der Waals surface area (Å²) >= 11 is 0. The first-order chi connectivity index (χ1) is 19.4. The molecule has 0 spiro atoms. The molecular weight excluding hydrogens is 516 g/mol. The van der Waals surface area contributed by atoms with Crippen LogP contribution in [0, 0.1) is 34.5 Å². The average Bonchev–Trinajstić information content (AvgIpc) is 3.56. The number of esters is 3. The molecule has 4 atom stereocenters. The molecule has 238 valence electrons. The SMILES string of the molecule is CCCCC1CCC(OC(=O)C(C)(C)CC)CC1.CCCCCOC(=O)C1CC2CC(OC(=O)C(C)(C)CC)C1C2. The molecule has 0 amide bonds. The Labute approximate surface area is 251 Å². The Morgan fingerprint density at radius 2 is 1.29 bits per heavy atom. The lowest BCUT2D eigenvalue weighted by atomic mass is 9.84. The van der Waals surface area contributed by atoms with Crippen molar-refractivity contribution in [2.24, 2.45) is 34.5 Å². The predicted molar refractivity (Wildman–Crippen MR) is 164 cm³/mol. The summed E-state index contributed by atoms with van der Waals surface area (Å²) in [6, 6.07) is 0. The van der Waals surface area contributed by atoms with Gasteiger partial charge in [-0.05, 0) is 104 Å². The summed E-state index contributed by atoms with van der Waals surface area (Å²) in [5.74, 6) is 1.25. The summed E-state index contributed by atoms with van der Waals surface area (Å²) in [6.07, 6.45) is 16.3. The van der Waals surface area contributed by atoms with Gasteiger partial charge in [0.05, 0.1) is 23.4 Å². The number of rotatable bonds is 14. The Kier molecular flexibility index (Phi) is 14.7. The number of hydrogen-bond acceptors (Lipinski definition) is 6. The third kappa shape index (κ3) is 10.9. The second-order valence-electron chi connectivity index (χ2n) is 14.3. The Morgan fingerprint density at radius 1 is 0.707 bits per heavy atom. The zero-order chi connectivity index (χ0) is 30.6. The lowest BCUT2D eigenvalue weighted by Crippen LogP contribution is -2.37. The summed E-state index contributed by atoms with van der Waals surface area (Å²) in [5.41, 5.74) is -0.767. The number of carbonyl (C=O) groups is 3. The highest BCUT2D eigenvalue weighted by Gasteiger charge is 2.52. The molecule has 3 aliphatic carbocycles. The normalized spacial score (nSPS) is 27.5. The second kappa shape index (κ2) is 16.9. The maximum absolute atomic E-state index is 12.3. The minimum Gasteiger partial charge on any atom is -0.465 e. The molecular formula is C35H62O6. The minimum absolute atomic E-state index is 0.0120. The van der Waals surface area contributed by atoms with Crippen LogP contribution in [-0.4, -0.2) is 36.7 Å². The van der Waals surface area contributed by atoms with Crippen molar-refractivity contribution < 1.29 is 28.6 Å². The molecule has 41 heavy (non-hydrogen) atoms. The van der Waals surface area contributed by atoms with Crippen molar-refractivity contribution in [3.8, 4) is 0 Å². The Morgan fingerprint density at radius 3 is 1.83 bits per heavy atom. The van der Waals surface area contributed by atoms with Crippen LogP contribution in [0.2, 0.25) is 0 Å². The van der Waals surface area contributed by atoms with Crippen LogP contribution in [0.15, 0.2) is 0 Å². The molecule has 0 saturated heterocycles. The van der Waals surface area contributed by atoms with Gasteiger partial charge in [0, 0.05) is 5.92 Å². The minimum atomic E-state index is -0.446. The number of hydrogen-bond donors (Lipinski definition) is 0. The summed E-state index contributed by atoms with van der Waals surface area (Å²) < 4.78 is 16.9. The second-order valence-corrected chi connectivity index (χ2v) is 14.3. The fourth-order valence-corrected chi connectivity index (χ4v) is 6.25. The molecule has 3 saturated carbocycles. The van der Waals surface area contributed by atoms with Gasteiger partial charge >= 0.3 is 17.9 Å². The van der Waals surface area contributed by atoms with Gasteiger partial charge in [0.2, 0.25) is 0 Å². The maximum Gasteiger partial charge on any atom is 0.311 e. The standard InChI is InChI=1S/C19H32O4.C16H30O2/c1-5-7-8-9-22-17(20)15-11-13-10-14(15)16(12-13)23-18(21)19(3,4)6-2;1-5-7-8-13-9-11-14(12-10-13)18-15(17)16(3,4)6-2/h13-16H,5-12H2,1-4H3;13-14H,5-12H2,1-4H3. The average molecular weight is 579 g/mol. The van der Waals surface area contributed by atoms with Crippen LogP contribution in [0.4, 0.5) is 0 Å².